The third-order valence-electron chi connectivity index (χ3n) is 3.04. The van der Waals surface area contributed by atoms with E-state index in [1.165, 1.54) is 4.68 Å². The quantitative estimate of drug-likeness (QED) is 0.799. The molecule has 7 heteroatoms. The van der Waals surface area contributed by atoms with E-state index in [2.05, 4.69) is 20.5 Å². The zero-order valence-electron chi connectivity index (χ0n) is 11.0. The van der Waals surface area contributed by atoms with Gasteiger partial charge in [0.05, 0.1) is 6.54 Å². The minimum atomic E-state index is -0.801. The van der Waals surface area contributed by atoms with Gasteiger partial charge in [0.25, 0.3) is 0 Å². The van der Waals surface area contributed by atoms with Crippen molar-refractivity contribution in [2.45, 2.75) is 12.6 Å². The molecule has 6 nitrogen and oxygen atoms in total. The highest BCUT2D eigenvalue weighted by molar-refractivity contribution is 6.31. The summed E-state index contributed by atoms with van der Waals surface area (Å²) in [5.41, 5.74) is 1.29. The summed E-state index contributed by atoms with van der Waals surface area (Å²) in [6.45, 7) is 0.197. The minimum Gasteiger partial charge on any atom is -0.386 e. The molecule has 2 heterocycles. The van der Waals surface area contributed by atoms with Gasteiger partial charge in [-0.25, -0.2) is 4.68 Å². The fourth-order valence-electron chi connectivity index (χ4n) is 2.01. The molecule has 0 aliphatic carbocycles. The van der Waals surface area contributed by atoms with E-state index in [-0.39, 0.29) is 6.54 Å². The fraction of sp³-hybridized carbons (Fsp3) is 0.143. The molecule has 0 fully saturated rings. The third kappa shape index (κ3) is 2.91. The molecule has 1 atom stereocenters. The van der Waals surface area contributed by atoms with Crippen molar-refractivity contribution in [1.82, 2.24) is 25.2 Å². The number of rotatable bonds is 4. The summed E-state index contributed by atoms with van der Waals surface area (Å²) in [4.78, 5) is 4.21. The molecule has 106 valence electrons. The number of benzene rings is 1. The smallest absolute Gasteiger partial charge is 0.200 e. The monoisotopic (exact) mass is 301 g/mol. The number of hydrogen-bond acceptors (Lipinski definition) is 5. The Morgan fingerprint density at radius 2 is 1.95 bits per heavy atom. The van der Waals surface area contributed by atoms with Crippen LogP contribution in [0.2, 0.25) is 5.02 Å². The maximum Gasteiger partial charge on any atom is 0.200 e. The van der Waals surface area contributed by atoms with Crippen LogP contribution in [0.4, 0.5) is 0 Å². The highest BCUT2D eigenvalue weighted by atomic mass is 35.5. The SMILES string of the molecule is OC(Cn1nnnc1-c1ccccn1)c1ccccc1Cl. The molecular formula is C14H12ClN5O. The zero-order chi connectivity index (χ0) is 14.7. The second-order valence-corrected chi connectivity index (χ2v) is 4.84. The molecule has 3 aromatic rings. The molecule has 21 heavy (non-hydrogen) atoms. The van der Waals surface area contributed by atoms with Gasteiger partial charge in [-0.1, -0.05) is 35.9 Å². The summed E-state index contributed by atoms with van der Waals surface area (Å²) in [5.74, 6) is 0.502. The van der Waals surface area contributed by atoms with Crippen LogP contribution in [0.15, 0.2) is 48.7 Å². The number of aliphatic hydroxyl groups excluding tert-OH is 1. The molecule has 1 N–H and O–H groups in total. The normalized spacial score (nSPS) is 12.3. The van der Waals surface area contributed by atoms with Gasteiger partial charge in [0.1, 0.15) is 11.8 Å². The molecule has 0 saturated heterocycles. The summed E-state index contributed by atoms with van der Waals surface area (Å²) in [6, 6.07) is 12.6. The number of halogens is 1. The van der Waals surface area contributed by atoms with Crippen LogP contribution in [0, 0.1) is 0 Å². The van der Waals surface area contributed by atoms with Gasteiger partial charge in [0.2, 0.25) is 5.82 Å². The molecule has 0 spiro atoms. The van der Waals surface area contributed by atoms with Gasteiger partial charge in [0.15, 0.2) is 0 Å². The molecule has 0 saturated carbocycles. The summed E-state index contributed by atoms with van der Waals surface area (Å²) in [7, 11) is 0. The Balaban J connectivity index is 1.87. The van der Waals surface area contributed by atoms with Crippen LogP contribution in [0.3, 0.4) is 0 Å². The summed E-state index contributed by atoms with van der Waals surface area (Å²) < 4.78 is 1.51. The van der Waals surface area contributed by atoms with E-state index in [0.717, 1.165) is 0 Å². The van der Waals surface area contributed by atoms with Crippen LogP contribution in [0.1, 0.15) is 11.7 Å². The van der Waals surface area contributed by atoms with Crippen molar-refractivity contribution in [3.63, 3.8) is 0 Å². The van der Waals surface area contributed by atoms with Crippen LogP contribution >= 0.6 is 11.6 Å². The number of tetrazole rings is 1. The average molecular weight is 302 g/mol. The van der Waals surface area contributed by atoms with Gasteiger partial charge >= 0.3 is 0 Å². The van der Waals surface area contributed by atoms with E-state index in [1.54, 1.807) is 18.3 Å². The Kier molecular flexibility index (Phi) is 3.89. The predicted molar refractivity (Wildman–Crippen MR) is 77.5 cm³/mol. The summed E-state index contributed by atoms with van der Waals surface area (Å²) in [5, 5.41) is 22.3. The van der Waals surface area contributed by atoms with Crippen LogP contribution < -0.4 is 0 Å². The molecule has 0 radical (unpaired) electrons. The van der Waals surface area contributed by atoms with Crippen LogP contribution in [0.25, 0.3) is 11.5 Å². The molecule has 0 amide bonds. The van der Waals surface area contributed by atoms with Crippen molar-refractivity contribution < 1.29 is 5.11 Å². The molecule has 0 aliphatic rings. The molecule has 2 aromatic heterocycles. The van der Waals surface area contributed by atoms with Crippen LogP contribution in [0.5, 0.6) is 0 Å². The van der Waals surface area contributed by atoms with Crippen LogP contribution in [-0.4, -0.2) is 30.3 Å². The number of hydrogen-bond donors (Lipinski definition) is 1. The maximum absolute atomic E-state index is 10.3. The van der Waals surface area contributed by atoms with Crippen LogP contribution in [-0.2, 0) is 6.54 Å². The van der Waals surface area contributed by atoms with Gasteiger partial charge in [-0.2, -0.15) is 0 Å². The van der Waals surface area contributed by atoms with E-state index in [1.807, 2.05) is 30.3 Å². The topological polar surface area (TPSA) is 76.7 Å². The van der Waals surface area contributed by atoms with E-state index in [0.29, 0.717) is 22.1 Å². The Morgan fingerprint density at radius 3 is 2.71 bits per heavy atom. The number of pyridine rings is 1. The first-order valence-electron chi connectivity index (χ1n) is 6.36. The molecule has 3 rings (SSSR count). The van der Waals surface area contributed by atoms with E-state index < -0.39 is 6.10 Å². The first kappa shape index (κ1) is 13.7. The number of aromatic nitrogens is 5. The highest BCUT2D eigenvalue weighted by Gasteiger charge is 2.16. The lowest BCUT2D eigenvalue weighted by Crippen LogP contribution is -2.12. The number of nitrogens with zero attached hydrogens (tertiary/aromatic N) is 5. The largest absolute Gasteiger partial charge is 0.386 e. The molecule has 1 aromatic carbocycles. The number of aliphatic hydroxyl groups is 1. The second-order valence-electron chi connectivity index (χ2n) is 4.44. The van der Waals surface area contributed by atoms with Gasteiger partial charge in [-0.3, -0.25) is 4.98 Å². The van der Waals surface area contributed by atoms with Gasteiger partial charge in [-0.05, 0) is 28.6 Å². The van der Waals surface area contributed by atoms with Crippen molar-refractivity contribution in [3.8, 4) is 11.5 Å². The van der Waals surface area contributed by atoms with Gasteiger partial charge in [0, 0.05) is 16.8 Å². The van der Waals surface area contributed by atoms with Crippen molar-refractivity contribution in [3.05, 3.63) is 59.2 Å². The van der Waals surface area contributed by atoms with Gasteiger partial charge < -0.3 is 5.11 Å². The van der Waals surface area contributed by atoms with Crippen molar-refractivity contribution >= 4 is 11.6 Å². The van der Waals surface area contributed by atoms with Crippen molar-refractivity contribution in [2.75, 3.05) is 0 Å². The second kappa shape index (κ2) is 5.99. The standard InChI is InChI=1S/C14H12ClN5O/c15-11-6-2-1-5-10(11)13(21)9-20-14(17-18-19-20)12-7-3-4-8-16-12/h1-8,13,21H,9H2. The average Bonchev–Trinajstić information content (AvgIpc) is 2.96. The lowest BCUT2D eigenvalue weighted by molar-refractivity contribution is 0.151. The van der Waals surface area contributed by atoms with Crippen molar-refractivity contribution in [1.29, 1.82) is 0 Å². The fourth-order valence-corrected chi connectivity index (χ4v) is 2.28. The van der Waals surface area contributed by atoms with Crippen molar-refractivity contribution in [2.24, 2.45) is 0 Å². The highest BCUT2D eigenvalue weighted by Crippen LogP contribution is 2.24. The molecule has 1 unspecified atom stereocenters. The minimum absolute atomic E-state index is 0.197. The lowest BCUT2D eigenvalue weighted by atomic mass is 10.1. The van der Waals surface area contributed by atoms with Gasteiger partial charge in [-0.15, -0.1) is 5.10 Å². The van der Waals surface area contributed by atoms with E-state index >= 15 is 0 Å². The first-order chi connectivity index (χ1) is 10.3. The zero-order valence-corrected chi connectivity index (χ0v) is 11.7. The van der Waals surface area contributed by atoms with E-state index in [4.69, 9.17) is 11.6 Å². The Morgan fingerprint density at radius 1 is 1.14 bits per heavy atom. The molecular weight excluding hydrogens is 290 g/mol. The third-order valence-corrected chi connectivity index (χ3v) is 3.38. The predicted octanol–water partition coefficient (Wildman–Crippen LogP) is 2.12. The first-order valence-corrected chi connectivity index (χ1v) is 6.73. The Labute approximate surface area is 126 Å². The summed E-state index contributed by atoms with van der Waals surface area (Å²) in [6.07, 6.45) is 0.864. The van der Waals surface area contributed by atoms with E-state index in [9.17, 15) is 5.11 Å². The Bertz CT molecular complexity index is 731. The maximum atomic E-state index is 10.3. The summed E-state index contributed by atoms with van der Waals surface area (Å²) >= 11 is 6.08. The molecule has 0 bridgehead atoms. The lowest BCUT2D eigenvalue weighted by Gasteiger charge is -2.13. The Hall–Kier alpha value is -2.31. The molecule has 0 aliphatic heterocycles.